The summed E-state index contributed by atoms with van der Waals surface area (Å²) in [6, 6.07) is 10.7. The van der Waals surface area contributed by atoms with Crippen molar-refractivity contribution < 1.29 is 0 Å². The van der Waals surface area contributed by atoms with Gasteiger partial charge in [-0.05, 0) is 48.6 Å². The average molecular weight is 303 g/mol. The molecule has 0 bridgehead atoms. The van der Waals surface area contributed by atoms with E-state index >= 15 is 0 Å². The van der Waals surface area contributed by atoms with Crippen LogP contribution in [0.25, 0.3) is 16.3 Å². The Kier molecular flexibility index (Phi) is 4.76. The maximum Gasteiger partial charge on any atom is 0.0743 e. The fourth-order valence-corrected chi connectivity index (χ4v) is 3.43. The summed E-state index contributed by atoms with van der Waals surface area (Å²) in [5.74, 6) is 1.02. The second-order valence-electron chi connectivity index (χ2n) is 6.47. The molecule has 0 aliphatic heterocycles. The van der Waals surface area contributed by atoms with E-state index in [-0.39, 0.29) is 0 Å². The summed E-state index contributed by atoms with van der Waals surface area (Å²) >= 11 is 0. The van der Waals surface area contributed by atoms with Gasteiger partial charge in [0.05, 0.1) is 5.69 Å². The van der Waals surface area contributed by atoms with E-state index in [4.69, 9.17) is 4.98 Å². The Bertz CT molecular complexity index is 774. The number of fused-ring (bicyclic) bond motifs is 1. The Morgan fingerprint density at radius 2 is 2.09 bits per heavy atom. The summed E-state index contributed by atoms with van der Waals surface area (Å²) in [5.41, 5.74) is 3.88. The first-order valence-electron chi connectivity index (χ1n) is 8.60. The van der Waals surface area contributed by atoms with Crippen molar-refractivity contribution in [2.45, 2.75) is 33.6 Å². The van der Waals surface area contributed by atoms with Crippen molar-refractivity contribution in [2.24, 2.45) is 11.8 Å². The second kappa shape index (κ2) is 6.95. The predicted molar refractivity (Wildman–Crippen MR) is 100 cm³/mol. The normalized spacial score (nSPS) is 19.7. The molecular formula is C22H25N. The van der Waals surface area contributed by atoms with Gasteiger partial charge in [0.15, 0.2) is 0 Å². The number of rotatable bonds is 4. The summed E-state index contributed by atoms with van der Waals surface area (Å²) < 4.78 is 0. The maximum absolute atomic E-state index is 4.76. The van der Waals surface area contributed by atoms with Gasteiger partial charge in [0.2, 0.25) is 0 Å². The van der Waals surface area contributed by atoms with Gasteiger partial charge in [-0.3, -0.25) is 4.98 Å². The molecule has 2 aromatic rings. The Hall–Kier alpha value is -2.15. The molecule has 0 N–H and O–H groups in total. The van der Waals surface area contributed by atoms with Gasteiger partial charge in [-0.2, -0.15) is 0 Å². The highest BCUT2D eigenvalue weighted by Gasteiger charge is 2.24. The molecule has 1 nitrogen and oxygen atoms in total. The van der Waals surface area contributed by atoms with Crippen molar-refractivity contribution in [2.75, 3.05) is 0 Å². The van der Waals surface area contributed by atoms with Gasteiger partial charge in [-0.25, -0.2) is 0 Å². The van der Waals surface area contributed by atoms with E-state index in [1.165, 1.54) is 21.9 Å². The minimum atomic E-state index is 0.500. The first kappa shape index (κ1) is 15.7. The van der Waals surface area contributed by atoms with Crippen LogP contribution in [0, 0.1) is 11.8 Å². The zero-order valence-corrected chi connectivity index (χ0v) is 14.3. The van der Waals surface area contributed by atoms with Gasteiger partial charge in [-0.15, -0.1) is 0 Å². The van der Waals surface area contributed by atoms with E-state index in [1.54, 1.807) is 0 Å². The van der Waals surface area contributed by atoms with Gasteiger partial charge < -0.3 is 0 Å². The summed E-state index contributed by atoms with van der Waals surface area (Å²) in [6.07, 6.45) is 13.5. The lowest BCUT2D eigenvalue weighted by Gasteiger charge is -2.27. The smallest absolute Gasteiger partial charge is 0.0743 e. The van der Waals surface area contributed by atoms with Crippen LogP contribution in [0.5, 0.6) is 0 Å². The van der Waals surface area contributed by atoms with E-state index in [1.807, 2.05) is 6.20 Å². The number of hydrogen-bond acceptors (Lipinski definition) is 1. The third-order valence-corrected chi connectivity index (χ3v) is 4.73. The lowest BCUT2D eigenvalue weighted by molar-refractivity contribution is 0.526. The van der Waals surface area contributed by atoms with Gasteiger partial charge in [-0.1, -0.05) is 68.0 Å². The number of nitrogens with zero attached hydrogens (tertiary/aromatic N) is 1. The van der Waals surface area contributed by atoms with E-state index in [0.717, 1.165) is 18.5 Å². The largest absolute Gasteiger partial charge is 0.256 e. The van der Waals surface area contributed by atoms with Crippen LogP contribution in [-0.2, 0) is 0 Å². The van der Waals surface area contributed by atoms with Crippen molar-refractivity contribution in [1.29, 1.82) is 0 Å². The van der Waals surface area contributed by atoms with E-state index in [2.05, 4.69) is 75.4 Å². The Balaban J connectivity index is 2.09. The van der Waals surface area contributed by atoms with Crippen LogP contribution in [-0.4, -0.2) is 4.98 Å². The summed E-state index contributed by atoms with van der Waals surface area (Å²) in [6.45, 7) is 6.70. The molecule has 0 saturated carbocycles. The Morgan fingerprint density at radius 3 is 2.91 bits per heavy atom. The van der Waals surface area contributed by atoms with Crippen molar-refractivity contribution in [3.05, 3.63) is 72.1 Å². The van der Waals surface area contributed by atoms with E-state index in [9.17, 15) is 0 Å². The number of allylic oxidation sites excluding steroid dienone is 6. The third kappa shape index (κ3) is 3.29. The molecule has 1 aliphatic carbocycles. The standard InChI is InChI=1S/C22H25N/c1-4-5-8-17(3)19-12-11-16(2)15-21(19)22-20-10-7-6-9-18(20)13-14-23-22/h5-11,13-15,17,19H,4,12H2,1-3H3. The molecule has 0 saturated heterocycles. The molecule has 1 aromatic carbocycles. The number of pyridine rings is 1. The highest BCUT2D eigenvalue weighted by molar-refractivity contribution is 5.93. The highest BCUT2D eigenvalue weighted by atomic mass is 14.7. The summed E-state index contributed by atoms with van der Waals surface area (Å²) in [4.78, 5) is 4.76. The average Bonchev–Trinajstić information content (AvgIpc) is 2.59. The van der Waals surface area contributed by atoms with Gasteiger partial charge >= 0.3 is 0 Å². The van der Waals surface area contributed by atoms with Crippen LogP contribution in [0.3, 0.4) is 0 Å². The SMILES string of the molecule is CCC=CC(C)C1CC=C(C)C=C1c1nccc2ccccc12. The van der Waals surface area contributed by atoms with Crippen LogP contribution in [0.1, 0.15) is 39.3 Å². The third-order valence-electron chi connectivity index (χ3n) is 4.73. The molecule has 2 unspecified atom stereocenters. The predicted octanol–water partition coefficient (Wildman–Crippen LogP) is 6.19. The quantitative estimate of drug-likeness (QED) is 0.614. The first-order valence-corrected chi connectivity index (χ1v) is 8.60. The zero-order chi connectivity index (χ0) is 16.2. The zero-order valence-electron chi connectivity index (χ0n) is 14.3. The van der Waals surface area contributed by atoms with Crippen molar-refractivity contribution in [3.63, 3.8) is 0 Å². The molecule has 23 heavy (non-hydrogen) atoms. The molecule has 1 heterocycles. The molecule has 1 aromatic heterocycles. The summed E-state index contributed by atoms with van der Waals surface area (Å²) in [7, 11) is 0. The molecule has 118 valence electrons. The number of benzene rings is 1. The van der Waals surface area contributed by atoms with Crippen LogP contribution in [0.15, 0.2) is 66.4 Å². The van der Waals surface area contributed by atoms with Gasteiger partial charge in [0.25, 0.3) is 0 Å². The molecule has 0 spiro atoms. The summed E-state index contributed by atoms with van der Waals surface area (Å²) in [5, 5.41) is 2.52. The van der Waals surface area contributed by atoms with Crippen LogP contribution < -0.4 is 0 Å². The maximum atomic E-state index is 4.76. The lowest BCUT2D eigenvalue weighted by Crippen LogP contribution is -2.15. The molecule has 0 amide bonds. The first-order chi connectivity index (χ1) is 11.2. The number of hydrogen-bond donors (Lipinski definition) is 0. The van der Waals surface area contributed by atoms with Gasteiger partial charge in [0, 0.05) is 11.6 Å². The topological polar surface area (TPSA) is 12.9 Å². The van der Waals surface area contributed by atoms with E-state index in [0.29, 0.717) is 11.8 Å². The molecule has 2 atom stereocenters. The Labute approximate surface area is 139 Å². The van der Waals surface area contributed by atoms with Crippen LogP contribution in [0.2, 0.25) is 0 Å². The van der Waals surface area contributed by atoms with Crippen molar-refractivity contribution in [1.82, 2.24) is 4.98 Å². The number of aromatic nitrogens is 1. The molecule has 0 fully saturated rings. The molecule has 1 heteroatoms. The monoisotopic (exact) mass is 303 g/mol. The second-order valence-corrected chi connectivity index (χ2v) is 6.47. The van der Waals surface area contributed by atoms with Crippen molar-refractivity contribution in [3.8, 4) is 0 Å². The van der Waals surface area contributed by atoms with E-state index < -0.39 is 0 Å². The molecular weight excluding hydrogens is 278 g/mol. The fraction of sp³-hybridized carbons (Fsp3) is 0.318. The minimum Gasteiger partial charge on any atom is -0.256 e. The molecule has 1 aliphatic rings. The molecule has 3 rings (SSSR count). The lowest BCUT2D eigenvalue weighted by atomic mass is 9.78. The van der Waals surface area contributed by atoms with Crippen LogP contribution >= 0.6 is 0 Å². The molecule has 0 radical (unpaired) electrons. The minimum absolute atomic E-state index is 0.500. The Morgan fingerprint density at radius 1 is 1.26 bits per heavy atom. The van der Waals surface area contributed by atoms with Crippen LogP contribution in [0.4, 0.5) is 0 Å². The van der Waals surface area contributed by atoms with Crippen molar-refractivity contribution >= 4 is 16.3 Å². The fourth-order valence-electron chi connectivity index (χ4n) is 3.43. The highest BCUT2D eigenvalue weighted by Crippen LogP contribution is 2.38. The van der Waals surface area contributed by atoms with Gasteiger partial charge in [0.1, 0.15) is 0 Å².